The first-order chi connectivity index (χ1) is 9.95. The molecule has 6 heteroatoms. The van der Waals surface area contributed by atoms with Gasteiger partial charge in [-0.15, -0.1) is 11.3 Å². The summed E-state index contributed by atoms with van der Waals surface area (Å²) in [4.78, 5) is 14.0. The SMILES string of the molecule is Cc1ccc(NC(=O)c2cc3c(C)nn(C)c3s2)c(Cl)c1. The number of hydrogen-bond acceptors (Lipinski definition) is 3. The maximum atomic E-state index is 12.4. The smallest absolute Gasteiger partial charge is 0.265 e. The van der Waals surface area contributed by atoms with Crippen LogP contribution in [0.15, 0.2) is 24.3 Å². The number of halogens is 1. The van der Waals surface area contributed by atoms with E-state index in [4.69, 9.17) is 11.6 Å². The number of benzene rings is 1. The Balaban J connectivity index is 1.91. The molecule has 0 aliphatic carbocycles. The second-order valence-corrected chi connectivity index (χ2v) is 6.41. The molecule has 0 fully saturated rings. The predicted octanol–water partition coefficient (Wildman–Crippen LogP) is 4.16. The number of nitrogens with one attached hydrogen (secondary N) is 1. The first-order valence-corrected chi connectivity index (χ1v) is 7.66. The second-order valence-electron chi connectivity index (χ2n) is 4.98. The maximum Gasteiger partial charge on any atom is 0.265 e. The summed E-state index contributed by atoms with van der Waals surface area (Å²) >= 11 is 7.57. The van der Waals surface area contributed by atoms with Crippen LogP contribution in [0.5, 0.6) is 0 Å². The first kappa shape index (κ1) is 14.1. The minimum atomic E-state index is -0.152. The number of carbonyl (C=O) groups excluding carboxylic acids is 1. The van der Waals surface area contributed by atoms with Gasteiger partial charge in [-0.2, -0.15) is 5.10 Å². The number of aryl methyl sites for hydroxylation is 3. The van der Waals surface area contributed by atoms with E-state index in [1.54, 1.807) is 4.68 Å². The molecule has 21 heavy (non-hydrogen) atoms. The molecule has 0 saturated heterocycles. The van der Waals surface area contributed by atoms with E-state index < -0.39 is 0 Å². The lowest BCUT2D eigenvalue weighted by Crippen LogP contribution is -2.10. The predicted molar refractivity (Wildman–Crippen MR) is 87.5 cm³/mol. The Labute approximate surface area is 131 Å². The van der Waals surface area contributed by atoms with Crippen LogP contribution in [0.1, 0.15) is 20.9 Å². The van der Waals surface area contributed by atoms with Crippen LogP contribution in [0.2, 0.25) is 5.02 Å². The molecule has 0 aliphatic heterocycles. The molecule has 0 atom stereocenters. The summed E-state index contributed by atoms with van der Waals surface area (Å²) in [7, 11) is 1.88. The van der Waals surface area contributed by atoms with Gasteiger partial charge in [0.05, 0.1) is 21.3 Å². The fourth-order valence-corrected chi connectivity index (χ4v) is 3.52. The van der Waals surface area contributed by atoms with Crippen molar-refractivity contribution < 1.29 is 4.79 Å². The zero-order chi connectivity index (χ0) is 15.1. The lowest BCUT2D eigenvalue weighted by molar-refractivity contribution is 0.103. The number of anilines is 1. The summed E-state index contributed by atoms with van der Waals surface area (Å²) in [5, 5.41) is 8.75. The minimum Gasteiger partial charge on any atom is -0.320 e. The minimum absolute atomic E-state index is 0.152. The van der Waals surface area contributed by atoms with Gasteiger partial charge in [0.25, 0.3) is 5.91 Å². The molecule has 4 nitrogen and oxygen atoms in total. The summed E-state index contributed by atoms with van der Waals surface area (Å²) in [6.07, 6.45) is 0. The molecule has 0 radical (unpaired) electrons. The number of nitrogens with zero attached hydrogens (tertiary/aromatic N) is 2. The Hall–Kier alpha value is -1.85. The van der Waals surface area contributed by atoms with Gasteiger partial charge in [-0.25, -0.2) is 0 Å². The number of rotatable bonds is 2. The van der Waals surface area contributed by atoms with E-state index in [0.717, 1.165) is 21.5 Å². The zero-order valence-corrected chi connectivity index (χ0v) is 13.5. The van der Waals surface area contributed by atoms with Crippen LogP contribution < -0.4 is 5.32 Å². The Morgan fingerprint density at radius 1 is 1.33 bits per heavy atom. The van der Waals surface area contributed by atoms with Crippen LogP contribution in [0.25, 0.3) is 10.2 Å². The van der Waals surface area contributed by atoms with Crippen LogP contribution in [-0.2, 0) is 7.05 Å². The molecule has 2 heterocycles. The van der Waals surface area contributed by atoms with Crippen molar-refractivity contribution in [3.63, 3.8) is 0 Å². The molecule has 1 aromatic carbocycles. The third kappa shape index (κ3) is 2.54. The van der Waals surface area contributed by atoms with Crippen molar-refractivity contribution in [1.82, 2.24) is 9.78 Å². The van der Waals surface area contributed by atoms with E-state index in [1.165, 1.54) is 11.3 Å². The number of amides is 1. The van der Waals surface area contributed by atoms with Gasteiger partial charge in [0.1, 0.15) is 4.83 Å². The average molecular weight is 320 g/mol. The average Bonchev–Trinajstić information content (AvgIpc) is 2.96. The monoisotopic (exact) mass is 319 g/mol. The molecule has 2 aromatic heterocycles. The van der Waals surface area contributed by atoms with Gasteiger partial charge in [0.15, 0.2) is 0 Å². The number of aromatic nitrogens is 2. The van der Waals surface area contributed by atoms with Crippen LogP contribution >= 0.6 is 22.9 Å². The van der Waals surface area contributed by atoms with E-state index in [1.807, 2.05) is 45.2 Å². The van der Waals surface area contributed by atoms with E-state index in [9.17, 15) is 4.79 Å². The summed E-state index contributed by atoms with van der Waals surface area (Å²) in [5.41, 5.74) is 2.61. The molecule has 0 unspecified atom stereocenters. The molecule has 1 amide bonds. The number of hydrogen-bond donors (Lipinski definition) is 1. The number of fused-ring (bicyclic) bond motifs is 1. The van der Waals surface area contributed by atoms with Gasteiger partial charge in [0, 0.05) is 12.4 Å². The van der Waals surface area contributed by atoms with Crippen molar-refractivity contribution in [3.8, 4) is 0 Å². The molecule has 0 spiro atoms. The van der Waals surface area contributed by atoms with Crippen molar-refractivity contribution in [2.45, 2.75) is 13.8 Å². The summed E-state index contributed by atoms with van der Waals surface area (Å²) in [6.45, 7) is 3.90. The Kier molecular flexibility index (Phi) is 3.47. The van der Waals surface area contributed by atoms with Crippen molar-refractivity contribution in [1.29, 1.82) is 0 Å². The fourth-order valence-electron chi connectivity index (χ4n) is 2.22. The van der Waals surface area contributed by atoms with Crippen molar-refractivity contribution >= 4 is 44.7 Å². The normalized spacial score (nSPS) is 11.0. The zero-order valence-electron chi connectivity index (χ0n) is 11.9. The largest absolute Gasteiger partial charge is 0.320 e. The van der Waals surface area contributed by atoms with E-state index in [2.05, 4.69) is 10.4 Å². The topological polar surface area (TPSA) is 46.9 Å². The molecule has 0 bridgehead atoms. The van der Waals surface area contributed by atoms with Crippen LogP contribution in [-0.4, -0.2) is 15.7 Å². The highest BCUT2D eigenvalue weighted by Crippen LogP contribution is 2.29. The van der Waals surface area contributed by atoms with Gasteiger partial charge in [-0.1, -0.05) is 17.7 Å². The van der Waals surface area contributed by atoms with E-state index >= 15 is 0 Å². The molecule has 108 valence electrons. The third-order valence-electron chi connectivity index (χ3n) is 3.29. The van der Waals surface area contributed by atoms with Gasteiger partial charge in [-0.3, -0.25) is 9.48 Å². The lowest BCUT2D eigenvalue weighted by Gasteiger charge is -2.06. The molecule has 0 aliphatic rings. The van der Waals surface area contributed by atoms with Gasteiger partial charge < -0.3 is 5.32 Å². The highest BCUT2D eigenvalue weighted by atomic mass is 35.5. The number of carbonyl (C=O) groups is 1. The maximum absolute atomic E-state index is 12.4. The first-order valence-electron chi connectivity index (χ1n) is 6.46. The van der Waals surface area contributed by atoms with Gasteiger partial charge in [-0.05, 0) is 37.6 Å². The third-order valence-corrected chi connectivity index (χ3v) is 4.81. The molecule has 1 N–H and O–H groups in total. The highest BCUT2D eigenvalue weighted by Gasteiger charge is 2.16. The Morgan fingerprint density at radius 3 is 2.76 bits per heavy atom. The van der Waals surface area contributed by atoms with Crippen LogP contribution in [0.4, 0.5) is 5.69 Å². The summed E-state index contributed by atoms with van der Waals surface area (Å²) in [5.74, 6) is -0.152. The van der Waals surface area contributed by atoms with Crippen molar-refractivity contribution in [2.75, 3.05) is 5.32 Å². The second kappa shape index (κ2) is 5.16. The fraction of sp³-hybridized carbons (Fsp3) is 0.200. The molecular weight excluding hydrogens is 306 g/mol. The van der Waals surface area contributed by atoms with Crippen molar-refractivity contribution in [2.24, 2.45) is 7.05 Å². The standard InChI is InChI=1S/C15H14ClN3OS/c1-8-4-5-12(11(16)6-8)17-14(20)13-7-10-9(2)18-19(3)15(10)21-13/h4-7H,1-3H3,(H,17,20). The molecular formula is C15H14ClN3OS. The quantitative estimate of drug-likeness (QED) is 0.771. The van der Waals surface area contributed by atoms with E-state index in [-0.39, 0.29) is 5.91 Å². The highest BCUT2D eigenvalue weighted by molar-refractivity contribution is 7.20. The van der Waals surface area contributed by atoms with Crippen molar-refractivity contribution in [3.05, 3.63) is 45.4 Å². The van der Waals surface area contributed by atoms with E-state index in [0.29, 0.717) is 15.6 Å². The lowest BCUT2D eigenvalue weighted by atomic mass is 10.2. The summed E-state index contributed by atoms with van der Waals surface area (Å²) < 4.78 is 1.80. The van der Waals surface area contributed by atoms with Crippen LogP contribution in [0, 0.1) is 13.8 Å². The molecule has 0 saturated carbocycles. The molecule has 3 rings (SSSR count). The number of thiophene rings is 1. The Morgan fingerprint density at radius 2 is 2.10 bits per heavy atom. The van der Waals surface area contributed by atoms with Gasteiger partial charge in [0.2, 0.25) is 0 Å². The van der Waals surface area contributed by atoms with Crippen LogP contribution in [0.3, 0.4) is 0 Å². The Bertz CT molecular complexity index is 816. The molecule has 3 aromatic rings. The summed E-state index contributed by atoms with van der Waals surface area (Å²) in [6, 6.07) is 7.44. The van der Waals surface area contributed by atoms with Gasteiger partial charge >= 0.3 is 0 Å².